The Labute approximate surface area is 99.5 Å². The van der Waals surface area contributed by atoms with Crippen molar-refractivity contribution in [2.45, 2.75) is 12.8 Å². The van der Waals surface area contributed by atoms with E-state index in [9.17, 15) is 14.9 Å². The molecule has 2 atom stereocenters. The van der Waals surface area contributed by atoms with Gasteiger partial charge in [-0.1, -0.05) is 37.3 Å². The number of nitro groups is 1. The van der Waals surface area contributed by atoms with Gasteiger partial charge in [0.25, 0.3) is 0 Å². The summed E-state index contributed by atoms with van der Waals surface area (Å²) < 4.78 is 4.71. The molecule has 0 saturated heterocycles. The van der Waals surface area contributed by atoms with Crippen LogP contribution in [0.3, 0.4) is 0 Å². The van der Waals surface area contributed by atoms with Gasteiger partial charge in [-0.2, -0.15) is 0 Å². The normalized spacial score (nSPS) is 13.8. The summed E-state index contributed by atoms with van der Waals surface area (Å²) in [6.45, 7) is 1.42. The van der Waals surface area contributed by atoms with Crippen molar-refractivity contribution in [3.05, 3.63) is 46.0 Å². The van der Waals surface area contributed by atoms with Crippen molar-refractivity contribution in [1.29, 1.82) is 0 Å². The first-order valence-electron chi connectivity index (χ1n) is 5.30. The van der Waals surface area contributed by atoms with Crippen LogP contribution in [0.15, 0.2) is 30.3 Å². The Morgan fingerprint density at radius 1 is 1.41 bits per heavy atom. The minimum Gasteiger partial charge on any atom is -0.469 e. The highest BCUT2D eigenvalue weighted by atomic mass is 16.6. The number of ether oxygens (including phenoxy) is 1. The molecule has 5 nitrogen and oxygen atoms in total. The van der Waals surface area contributed by atoms with E-state index in [4.69, 9.17) is 4.74 Å². The highest BCUT2D eigenvalue weighted by Crippen LogP contribution is 2.26. The fraction of sp³-hybridized carbons (Fsp3) is 0.417. The van der Waals surface area contributed by atoms with Gasteiger partial charge in [0, 0.05) is 10.8 Å². The second kappa shape index (κ2) is 5.98. The van der Waals surface area contributed by atoms with Crippen LogP contribution in [0.4, 0.5) is 0 Å². The van der Waals surface area contributed by atoms with E-state index in [1.807, 2.05) is 6.07 Å². The Morgan fingerprint density at radius 3 is 2.47 bits per heavy atom. The lowest BCUT2D eigenvalue weighted by Gasteiger charge is -2.19. The van der Waals surface area contributed by atoms with Gasteiger partial charge in [0.1, 0.15) is 0 Å². The summed E-state index contributed by atoms with van der Waals surface area (Å²) in [5.74, 6) is -1.43. The van der Waals surface area contributed by atoms with Crippen LogP contribution in [-0.2, 0) is 9.53 Å². The van der Waals surface area contributed by atoms with Crippen LogP contribution in [0.25, 0.3) is 0 Å². The molecule has 0 amide bonds. The molecular weight excluding hydrogens is 222 g/mol. The zero-order valence-corrected chi connectivity index (χ0v) is 9.83. The van der Waals surface area contributed by atoms with E-state index in [2.05, 4.69) is 0 Å². The molecule has 0 aromatic heterocycles. The average molecular weight is 237 g/mol. The van der Waals surface area contributed by atoms with Crippen LogP contribution < -0.4 is 0 Å². The van der Waals surface area contributed by atoms with E-state index in [0.717, 1.165) is 5.56 Å². The van der Waals surface area contributed by atoms with Crippen molar-refractivity contribution in [3.8, 4) is 0 Å². The van der Waals surface area contributed by atoms with E-state index in [0.29, 0.717) is 0 Å². The van der Waals surface area contributed by atoms with Crippen molar-refractivity contribution in [3.63, 3.8) is 0 Å². The predicted octanol–water partition coefficient (Wildman–Crippen LogP) is 1.86. The highest BCUT2D eigenvalue weighted by Gasteiger charge is 2.30. The van der Waals surface area contributed by atoms with Crippen molar-refractivity contribution in [2.75, 3.05) is 13.7 Å². The molecule has 1 aromatic carbocycles. The Kier molecular flexibility index (Phi) is 4.63. The molecule has 17 heavy (non-hydrogen) atoms. The summed E-state index contributed by atoms with van der Waals surface area (Å²) in [6, 6.07) is 8.97. The number of benzene rings is 1. The molecule has 2 unspecified atom stereocenters. The molecule has 0 radical (unpaired) electrons. The molecule has 1 rings (SSSR count). The molecule has 0 bridgehead atoms. The third-order valence-corrected chi connectivity index (χ3v) is 2.62. The number of hydrogen-bond donors (Lipinski definition) is 0. The molecular formula is C12H15NO4. The van der Waals surface area contributed by atoms with Crippen LogP contribution >= 0.6 is 0 Å². The van der Waals surface area contributed by atoms with E-state index in [-0.39, 0.29) is 6.54 Å². The third-order valence-electron chi connectivity index (χ3n) is 2.62. The van der Waals surface area contributed by atoms with Crippen LogP contribution in [0, 0.1) is 16.0 Å². The molecule has 1 aromatic rings. The second-order valence-electron chi connectivity index (χ2n) is 3.90. The number of carbonyl (C=O) groups is 1. The van der Waals surface area contributed by atoms with Gasteiger partial charge in [0.15, 0.2) is 0 Å². The maximum atomic E-state index is 11.7. The summed E-state index contributed by atoms with van der Waals surface area (Å²) in [4.78, 5) is 21.8. The minimum atomic E-state index is -0.591. The van der Waals surface area contributed by atoms with Crippen LogP contribution in [-0.4, -0.2) is 24.5 Å². The second-order valence-corrected chi connectivity index (χ2v) is 3.90. The molecule has 0 fully saturated rings. The van der Waals surface area contributed by atoms with Gasteiger partial charge in [0.05, 0.1) is 13.0 Å². The van der Waals surface area contributed by atoms with Gasteiger partial charge in [-0.25, -0.2) is 0 Å². The first-order chi connectivity index (χ1) is 8.06. The van der Waals surface area contributed by atoms with Crippen LogP contribution in [0.1, 0.15) is 18.4 Å². The van der Waals surface area contributed by atoms with Crippen molar-refractivity contribution >= 4 is 5.97 Å². The summed E-state index contributed by atoms with van der Waals surface area (Å²) in [5, 5.41) is 10.5. The summed E-state index contributed by atoms with van der Waals surface area (Å²) in [5.41, 5.74) is 0.744. The summed E-state index contributed by atoms with van der Waals surface area (Å²) in [6.07, 6.45) is 0. The van der Waals surface area contributed by atoms with Crippen LogP contribution in [0.2, 0.25) is 0 Å². The van der Waals surface area contributed by atoms with Crippen LogP contribution in [0.5, 0.6) is 0 Å². The molecule has 0 aliphatic carbocycles. The fourth-order valence-electron chi connectivity index (χ4n) is 1.82. The number of esters is 1. The van der Waals surface area contributed by atoms with Gasteiger partial charge in [0.2, 0.25) is 6.54 Å². The fourth-order valence-corrected chi connectivity index (χ4v) is 1.82. The molecule has 0 saturated carbocycles. The van der Waals surface area contributed by atoms with Gasteiger partial charge in [-0.3, -0.25) is 14.9 Å². The Morgan fingerprint density at radius 2 is 2.00 bits per heavy atom. The number of rotatable bonds is 5. The Balaban J connectivity index is 2.96. The Bertz CT molecular complexity index is 391. The number of methoxy groups -OCH3 is 1. The SMILES string of the molecule is COC(=O)C(c1ccccc1)C(C)C[N+](=O)[O-]. The first kappa shape index (κ1) is 13.2. The highest BCUT2D eigenvalue weighted by molar-refractivity contribution is 5.78. The molecule has 0 heterocycles. The van der Waals surface area contributed by atoms with Gasteiger partial charge in [-0.05, 0) is 5.56 Å². The van der Waals surface area contributed by atoms with E-state index >= 15 is 0 Å². The quantitative estimate of drug-likeness (QED) is 0.445. The zero-order valence-electron chi connectivity index (χ0n) is 9.83. The topological polar surface area (TPSA) is 69.4 Å². The number of carbonyl (C=O) groups excluding carboxylic acids is 1. The Hall–Kier alpha value is -1.91. The van der Waals surface area contributed by atoms with Gasteiger partial charge >= 0.3 is 5.97 Å². The molecule has 0 aliphatic heterocycles. The van der Waals surface area contributed by atoms with Gasteiger partial charge in [-0.15, -0.1) is 0 Å². The minimum absolute atomic E-state index is 0.255. The lowest BCUT2D eigenvalue weighted by Crippen LogP contribution is -2.26. The molecule has 0 N–H and O–H groups in total. The van der Waals surface area contributed by atoms with E-state index in [1.54, 1.807) is 31.2 Å². The average Bonchev–Trinajstić information content (AvgIpc) is 2.29. The monoisotopic (exact) mass is 237 g/mol. The smallest absolute Gasteiger partial charge is 0.313 e. The summed E-state index contributed by atoms with van der Waals surface area (Å²) in [7, 11) is 1.29. The molecule has 0 spiro atoms. The largest absolute Gasteiger partial charge is 0.469 e. The molecule has 92 valence electrons. The lowest BCUT2D eigenvalue weighted by molar-refractivity contribution is -0.487. The maximum absolute atomic E-state index is 11.7. The zero-order chi connectivity index (χ0) is 12.8. The summed E-state index contributed by atoms with van der Waals surface area (Å²) >= 11 is 0. The van der Waals surface area contributed by atoms with Crippen molar-refractivity contribution in [2.24, 2.45) is 5.92 Å². The third kappa shape index (κ3) is 3.55. The van der Waals surface area contributed by atoms with Crippen molar-refractivity contribution in [1.82, 2.24) is 0 Å². The lowest BCUT2D eigenvalue weighted by atomic mass is 9.87. The number of hydrogen-bond acceptors (Lipinski definition) is 4. The predicted molar refractivity (Wildman–Crippen MR) is 62.2 cm³/mol. The molecule has 0 aliphatic rings. The van der Waals surface area contributed by atoms with Crippen molar-refractivity contribution < 1.29 is 14.5 Å². The molecule has 5 heteroatoms. The number of nitrogens with zero attached hydrogens (tertiary/aromatic N) is 1. The standard InChI is InChI=1S/C12H15NO4/c1-9(8-13(15)16)11(12(14)17-2)10-6-4-3-5-7-10/h3-7,9,11H,8H2,1-2H3. The first-order valence-corrected chi connectivity index (χ1v) is 5.30. The van der Waals surface area contributed by atoms with E-state index in [1.165, 1.54) is 7.11 Å². The van der Waals surface area contributed by atoms with Gasteiger partial charge < -0.3 is 4.74 Å². The van der Waals surface area contributed by atoms with E-state index < -0.39 is 22.7 Å². The maximum Gasteiger partial charge on any atom is 0.313 e.